The number of hydrogen-bond acceptors (Lipinski definition) is 4. The predicted octanol–water partition coefficient (Wildman–Crippen LogP) is 1.03. The summed E-state index contributed by atoms with van der Waals surface area (Å²) in [6, 6.07) is 0. The minimum atomic E-state index is -0.204. The summed E-state index contributed by atoms with van der Waals surface area (Å²) in [4.78, 5) is 40.3. The molecule has 2 rings (SSSR count). The monoisotopic (exact) mass is 321 g/mol. The summed E-state index contributed by atoms with van der Waals surface area (Å²) < 4.78 is 0. The Hall–Kier alpha value is -1.69. The maximum atomic E-state index is 11.7. The molecule has 0 aromatic heterocycles. The molecule has 0 radical (unpaired) electrons. The Kier molecular flexibility index (Phi) is 6.33. The molecule has 0 aliphatic carbocycles. The Morgan fingerprint density at radius 1 is 1.09 bits per heavy atom. The van der Waals surface area contributed by atoms with Crippen LogP contribution in [0.5, 0.6) is 0 Å². The van der Waals surface area contributed by atoms with Crippen molar-refractivity contribution in [3.05, 3.63) is 11.6 Å². The van der Waals surface area contributed by atoms with Crippen LogP contribution in [0.25, 0.3) is 0 Å². The summed E-state index contributed by atoms with van der Waals surface area (Å²) in [7, 11) is 1.52. The van der Waals surface area contributed by atoms with Crippen molar-refractivity contribution < 1.29 is 14.4 Å². The number of piperazine rings is 1. The molecule has 3 amide bonds. The third kappa shape index (κ3) is 4.64. The maximum absolute atomic E-state index is 11.7. The first kappa shape index (κ1) is 17.7. The second-order valence-corrected chi connectivity index (χ2v) is 6.26. The number of nitrogens with zero attached hydrogens (tertiary/aromatic N) is 3. The SMILES string of the molecule is CCC(=O)N1CCN(CCCCCC2=CC(=O)N(C)C2=O)CC1. The van der Waals surface area contributed by atoms with Gasteiger partial charge in [-0.3, -0.25) is 24.2 Å². The van der Waals surface area contributed by atoms with Crippen molar-refractivity contribution in [2.24, 2.45) is 0 Å². The van der Waals surface area contributed by atoms with Gasteiger partial charge in [0.05, 0.1) is 0 Å². The molecule has 2 heterocycles. The van der Waals surface area contributed by atoms with Crippen molar-refractivity contribution in [1.82, 2.24) is 14.7 Å². The van der Waals surface area contributed by atoms with Crippen LogP contribution in [-0.2, 0) is 14.4 Å². The fourth-order valence-electron chi connectivity index (χ4n) is 3.07. The second-order valence-electron chi connectivity index (χ2n) is 6.26. The number of carbonyl (C=O) groups excluding carboxylic acids is 3. The van der Waals surface area contributed by atoms with E-state index in [9.17, 15) is 14.4 Å². The van der Waals surface area contributed by atoms with Gasteiger partial charge in [-0.05, 0) is 25.8 Å². The van der Waals surface area contributed by atoms with E-state index < -0.39 is 0 Å². The fourth-order valence-corrected chi connectivity index (χ4v) is 3.07. The van der Waals surface area contributed by atoms with Crippen LogP contribution in [0.1, 0.15) is 39.0 Å². The quantitative estimate of drug-likeness (QED) is 0.519. The van der Waals surface area contributed by atoms with Gasteiger partial charge in [-0.2, -0.15) is 0 Å². The number of amides is 3. The van der Waals surface area contributed by atoms with Gasteiger partial charge in [-0.15, -0.1) is 0 Å². The van der Waals surface area contributed by atoms with Crippen molar-refractivity contribution in [3.63, 3.8) is 0 Å². The summed E-state index contributed by atoms with van der Waals surface area (Å²) in [5, 5.41) is 0. The molecule has 0 aromatic carbocycles. The lowest BCUT2D eigenvalue weighted by molar-refractivity contribution is -0.136. The molecule has 1 fully saturated rings. The first-order valence-electron chi connectivity index (χ1n) is 8.55. The summed E-state index contributed by atoms with van der Waals surface area (Å²) in [6.07, 6.45) is 5.82. The molecule has 2 aliphatic rings. The molecule has 0 bridgehead atoms. The van der Waals surface area contributed by atoms with Gasteiger partial charge in [0.1, 0.15) is 0 Å². The molecule has 1 saturated heterocycles. The Morgan fingerprint density at radius 2 is 1.78 bits per heavy atom. The van der Waals surface area contributed by atoms with E-state index in [4.69, 9.17) is 0 Å². The molecule has 0 atom stereocenters. The van der Waals surface area contributed by atoms with Gasteiger partial charge in [0.25, 0.3) is 11.8 Å². The lowest BCUT2D eigenvalue weighted by atomic mass is 10.1. The highest BCUT2D eigenvalue weighted by molar-refractivity contribution is 6.15. The number of unbranched alkanes of at least 4 members (excludes halogenated alkanes) is 2. The van der Waals surface area contributed by atoms with Gasteiger partial charge in [-0.25, -0.2) is 0 Å². The van der Waals surface area contributed by atoms with Crippen molar-refractivity contribution in [1.29, 1.82) is 0 Å². The molecule has 0 spiro atoms. The topological polar surface area (TPSA) is 60.9 Å². The number of imide groups is 1. The van der Waals surface area contributed by atoms with Crippen LogP contribution in [0, 0.1) is 0 Å². The van der Waals surface area contributed by atoms with Crippen molar-refractivity contribution in [2.45, 2.75) is 39.0 Å². The highest BCUT2D eigenvalue weighted by Crippen LogP contribution is 2.17. The summed E-state index contributed by atoms with van der Waals surface area (Å²) in [5.74, 6) is -0.102. The van der Waals surface area contributed by atoms with Gasteiger partial charge < -0.3 is 4.90 Å². The molecule has 0 unspecified atom stereocenters. The minimum Gasteiger partial charge on any atom is -0.340 e. The Morgan fingerprint density at radius 3 is 2.35 bits per heavy atom. The molecule has 0 N–H and O–H groups in total. The average molecular weight is 321 g/mol. The molecule has 128 valence electrons. The molecule has 23 heavy (non-hydrogen) atoms. The molecule has 0 saturated carbocycles. The molecular weight excluding hydrogens is 294 g/mol. The zero-order valence-corrected chi connectivity index (χ0v) is 14.2. The molecule has 0 aromatic rings. The standard InChI is InChI=1S/C17H27N3O3/c1-3-15(21)20-11-9-19(10-12-20)8-6-4-5-7-14-13-16(22)18(2)17(14)23/h13H,3-12H2,1-2H3. The first-order valence-corrected chi connectivity index (χ1v) is 8.55. The van der Waals surface area contributed by atoms with Crippen molar-refractivity contribution in [3.8, 4) is 0 Å². The van der Waals surface area contributed by atoms with E-state index in [1.807, 2.05) is 11.8 Å². The zero-order chi connectivity index (χ0) is 16.8. The lowest BCUT2D eigenvalue weighted by Gasteiger charge is -2.34. The van der Waals surface area contributed by atoms with E-state index >= 15 is 0 Å². The number of carbonyl (C=O) groups is 3. The molecule has 6 heteroatoms. The van der Waals surface area contributed by atoms with Crippen LogP contribution in [0.3, 0.4) is 0 Å². The first-order chi connectivity index (χ1) is 11.0. The van der Waals surface area contributed by atoms with E-state index in [0.29, 0.717) is 18.4 Å². The van der Waals surface area contributed by atoms with E-state index in [1.54, 1.807) is 0 Å². The van der Waals surface area contributed by atoms with Gasteiger partial charge in [0, 0.05) is 51.3 Å². The van der Waals surface area contributed by atoms with Gasteiger partial charge in [-0.1, -0.05) is 13.3 Å². The van der Waals surface area contributed by atoms with Crippen LogP contribution in [0.2, 0.25) is 0 Å². The smallest absolute Gasteiger partial charge is 0.256 e. The van der Waals surface area contributed by atoms with Crippen molar-refractivity contribution >= 4 is 17.7 Å². The molecule has 2 aliphatic heterocycles. The third-order valence-corrected chi connectivity index (χ3v) is 4.66. The third-order valence-electron chi connectivity index (χ3n) is 4.66. The van der Waals surface area contributed by atoms with E-state index in [2.05, 4.69) is 4.90 Å². The van der Waals surface area contributed by atoms with Crippen LogP contribution in [-0.4, -0.2) is 72.2 Å². The van der Waals surface area contributed by atoms with E-state index in [0.717, 1.165) is 52.0 Å². The van der Waals surface area contributed by atoms with Crippen molar-refractivity contribution in [2.75, 3.05) is 39.8 Å². The summed E-state index contributed by atoms with van der Waals surface area (Å²) >= 11 is 0. The fraction of sp³-hybridized carbons (Fsp3) is 0.706. The van der Waals surface area contributed by atoms with E-state index in [-0.39, 0.29) is 17.7 Å². The highest BCUT2D eigenvalue weighted by Gasteiger charge is 2.26. The molecular formula is C17H27N3O3. The van der Waals surface area contributed by atoms with Crippen LogP contribution < -0.4 is 0 Å². The van der Waals surface area contributed by atoms with E-state index in [1.165, 1.54) is 18.0 Å². The maximum Gasteiger partial charge on any atom is 0.256 e. The van der Waals surface area contributed by atoms with Crippen LogP contribution in [0.4, 0.5) is 0 Å². The summed E-state index contributed by atoms with van der Waals surface area (Å²) in [6.45, 7) is 6.53. The zero-order valence-electron chi connectivity index (χ0n) is 14.2. The predicted molar refractivity (Wildman–Crippen MR) is 87.6 cm³/mol. The lowest BCUT2D eigenvalue weighted by Crippen LogP contribution is -2.48. The second kappa shape index (κ2) is 8.24. The Balaban J connectivity index is 1.57. The number of hydrogen-bond donors (Lipinski definition) is 0. The Bertz CT molecular complexity index is 493. The normalized spacial score (nSPS) is 19.5. The largest absolute Gasteiger partial charge is 0.340 e. The minimum absolute atomic E-state index is 0.147. The van der Waals surface area contributed by atoms with Crippen LogP contribution in [0.15, 0.2) is 11.6 Å². The Labute approximate surface area is 138 Å². The number of likely N-dealkylation sites (N-methyl/N-ethyl adjacent to an activating group) is 1. The van der Waals surface area contributed by atoms with Crippen LogP contribution >= 0.6 is 0 Å². The van der Waals surface area contributed by atoms with Gasteiger partial charge >= 0.3 is 0 Å². The highest BCUT2D eigenvalue weighted by atomic mass is 16.2. The average Bonchev–Trinajstić information content (AvgIpc) is 2.81. The number of rotatable bonds is 7. The molecule has 6 nitrogen and oxygen atoms in total. The van der Waals surface area contributed by atoms with Gasteiger partial charge in [0.2, 0.25) is 5.91 Å². The van der Waals surface area contributed by atoms with Gasteiger partial charge in [0.15, 0.2) is 0 Å². The summed E-state index contributed by atoms with van der Waals surface area (Å²) in [5.41, 5.74) is 0.643.